The zero-order valence-electron chi connectivity index (χ0n) is 17.7. The average Bonchev–Trinajstić information content (AvgIpc) is 3.18. The van der Waals surface area contributed by atoms with Crippen LogP contribution in [0.2, 0.25) is 0 Å². The number of nitrogens with one attached hydrogen (secondary N) is 1. The monoisotopic (exact) mass is 444 g/mol. The lowest BCUT2D eigenvalue weighted by Gasteiger charge is -2.21. The molecule has 0 aliphatic carbocycles. The van der Waals surface area contributed by atoms with E-state index in [2.05, 4.69) is 15.3 Å². The Kier molecular flexibility index (Phi) is 8.48. The second kappa shape index (κ2) is 10.6. The van der Waals surface area contributed by atoms with Crippen molar-refractivity contribution < 1.29 is 22.6 Å². The highest BCUT2D eigenvalue weighted by Gasteiger charge is 2.33. The molecule has 0 radical (unpaired) electrons. The van der Waals surface area contributed by atoms with E-state index in [1.54, 1.807) is 7.11 Å². The molecule has 0 bridgehead atoms. The smallest absolute Gasteiger partial charge is 0.416 e. The van der Waals surface area contributed by atoms with Crippen LogP contribution in [0.5, 0.6) is 5.75 Å². The van der Waals surface area contributed by atoms with Crippen LogP contribution in [0.4, 0.5) is 13.2 Å². The summed E-state index contributed by atoms with van der Waals surface area (Å²) in [5, 5.41) is 5.93. The number of aromatic nitrogens is 1. The molecular weight excluding hydrogens is 417 g/mol. The van der Waals surface area contributed by atoms with Crippen molar-refractivity contribution in [1.82, 2.24) is 15.2 Å². The molecule has 30 heavy (non-hydrogen) atoms. The zero-order valence-corrected chi connectivity index (χ0v) is 18.5. The third-order valence-corrected chi connectivity index (χ3v) is 5.44. The molecule has 2 aromatic rings. The van der Waals surface area contributed by atoms with Gasteiger partial charge >= 0.3 is 6.18 Å². The molecule has 10 heteroatoms. The Hall–Kier alpha value is -2.33. The maximum absolute atomic E-state index is 13.4. The number of aliphatic imine (C=N–C) groups is 1. The van der Waals surface area contributed by atoms with E-state index in [1.807, 2.05) is 31.2 Å². The molecule has 1 N–H and O–H groups in total. The minimum absolute atomic E-state index is 0.0805. The van der Waals surface area contributed by atoms with Crippen LogP contribution in [0.25, 0.3) is 0 Å². The van der Waals surface area contributed by atoms with Gasteiger partial charge in [0, 0.05) is 26.1 Å². The summed E-state index contributed by atoms with van der Waals surface area (Å²) >= 11 is 1.51. The van der Waals surface area contributed by atoms with Gasteiger partial charge in [0.25, 0.3) is 0 Å². The number of methoxy groups -OCH3 is 2. The van der Waals surface area contributed by atoms with Crippen molar-refractivity contribution in [1.29, 1.82) is 0 Å². The predicted octanol–water partition coefficient (Wildman–Crippen LogP) is 4.48. The summed E-state index contributed by atoms with van der Waals surface area (Å²) in [6.07, 6.45) is -4.58. The Morgan fingerprint density at radius 2 is 2.07 bits per heavy atom. The van der Waals surface area contributed by atoms with Gasteiger partial charge < -0.3 is 19.7 Å². The Bertz CT molecular complexity index is 855. The lowest BCUT2D eigenvalue weighted by atomic mass is 10.1. The number of nitrogens with zero attached hydrogens (tertiary/aromatic N) is 3. The quantitative estimate of drug-likeness (QED) is 0.481. The second-order valence-electron chi connectivity index (χ2n) is 6.60. The Morgan fingerprint density at radius 1 is 1.33 bits per heavy atom. The molecule has 0 fully saturated rings. The number of hydrogen-bond acceptors (Lipinski definition) is 5. The summed E-state index contributed by atoms with van der Waals surface area (Å²) in [6, 6.07) is 3.90. The van der Waals surface area contributed by atoms with Crippen molar-refractivity contribution in [2.45, 2.75) is 39.2 Å². The Labute approximate surface area is 178 Å². The van der Waals surface area contributed by atoms with Crippen molar-refractivity contribution >= 4 is 17.3 Å². The van der Waals surface area contributed by atoms with Gasteiger partial charge in [-0.3, -0.25) is 0 Å². The third-order valence-electron chi connectivity index (χ3n) is 4.39. The summed E-state index contributed by atoms with van der Waals surface area (Å²) < 4.78 is 50.5. The third kappa shape index (κ3) is 6.33. The minimum atomic E-state index is -4.49. The van der Waals surface area contributed by atoms with Crippen LogP contribution in [0, 0.1) is 0 Å². The normalized spacial score (nSPS) is 13.3. The van der Waals surface area contributed by atoms with E-state index in [-0.39, 0.29) is 24.0 Å². The number of hydrogen-bond donors (Lipinski definition) is 1. The molecule has 0 saturated heterocycles. The van der Waals surface area contributed by atoms with Crippen molar-refractivity contribution in [3.05, 3.63) is 45.4 Å². The van der Waals surface area contributed by atoms with E-state index in [9.17, 15) is 13.2 Å². The first-order chi connectivity index (χ1) is 14.2. The molecule has 1 aromatic carbocycles. The van der Waals surface area contributed by atoms with Crippen LogP contribution >= 0.6 is 11.3 Å². The van der Waals surface area contributed by atoms with Gasteiger partial charge in [-0.25, -0.2) is 9.98 Å². The molecule has 0 aliphatic heterocycles. The molecule has 1 aromatic heterocycles. The second-order valence-corrected chi connectivity index (χ2v) is 7.49. The molecule has 0 spiro atoms. The van der Waals surface area contributed by atoms with E-state index in [0.717, 1.165) is 16.8 Å². The van der Waals surface area contributed by atoms with E-state index >= 15 is 0 Å². The summed E-state index contributed by atoms with van der Waals surface area (Å²) in [5.41, 5.74) is 0.172. The van der Waals surface area contributed by atoms with Crippen LogP contribution in [-0.2, 0) is 24.0 Å². The SMILES string of the molecule is CCNC(=NCc1ccc(OC)cc1C(F)(F)F)N(C)Cc1csc(C(C)OC)n1. The number of guanidine groups is 1. The molecule has 6 nitrogen and oxygen atoms in total. The molecule has 166 valence electrons. The van der Waals surface area contributed by atoms with E-state index in [0.29, 0.717) is 19.0 Å². The number of rotatable bonds is 8. The fraction of sp³-hybridized carbons (Fsp3) is 0.500. The highest BCUT2D eigenvalue weighted by Crippen LogP contribution is 2.34. The van der Waals surface area contributed by atoms with Gasteiger partial charge in [0.1, 0.15) is 16.9 Å². The molecule has 0 amide bonds. The fourth-order valence-corrected chi connectivity index (χ4v) is 3.56. The van der Waals surface area contributed by atoms with Gasteiger partial charge in [-0.2, -0.15) is 13.2 Å². The molecule has 1 heterocycles. The van der Waals surface area contributed by atoms with E-state index in [4.69, 9.17) is 9.47 Å². The molecular formula is C20H27F3N4O2S. The lowest BCUT2D eigenvalue weighted by molar-refractivity contribution is -0.138. The van der Waals surface area contributed by atoms with Crippen LogP contribution in [0.15, 0.2) is 28.6 Å². The highest BCUT2D eigenvalue weighted by molar-refractivity contribution is 7.09. The van der Waals surface area contributed by atoms with Gasteiger partial charge in [0.15, 0.2) is 5.96 Å². The number of alkyl halides is 3. The Morgan fingerprint density at radius 3 is 2.67 bits per heavy atom. The first-order valence-electron chi connectivity index (χ1n) is 9.40. The standard InChI is InChI=1S/C20H27F3N4O2S/c1-6-24-19(27(3)11-15-12-30-18(26-15)13(2)28-4)25-10-14-7-8-16(29-5)9-17(14)20(21,22)23/h7-9,12-13H,6,10-11H2,1-5H3,(H,24,25). The van der Waals surface area contributed by atoms with Crippen LogP contribution in [0.1, 0.15) is 41.8 Å². The topological polar surface area (TPSA) is 59.0 Å². The van der Waals surface area contributed by atoms with Gasteiger partial charge in [0.05, 0.1) is 31.5 Å². The van der Waals surface area contributed by atoms with Gasteiger partial charge in [-0.05, 0) is 31.5 Å². The van der Waals surface area contributed by atoms with E-state index in [1.165, 1.54) is 30.6 Å². The average molecular weight is 445 g/mol. The number of benzene rings is 1. The molecule has 2 rings (SSSR count). The first kappa shape index (κ1) is 23.9. The fourth-order valence-electron chi connectivity index (χ4n) is 2.71. The summed E-state index contributed by atoms with van der Waals surface area (Å²) in [4.78, 5) is 10.8. The minimum Gasteiger partial charge on any atom is -0.497 e. The van der Waals surface area contributed by atoms with Gasteiger partial charge in [-0.1, -0.05) is 6.07 Å². The molecule has 0 aliphatic rings. The van der Waals surface area contributed by atoms with Crippen molar-refractivity contribution in [2.75, 3.05) is 27.8 Å². The van der Waals surface area contributed by atoms with Crippen molar-refractivity contribution in [2.24, 2.45) is 4.99 Å². The highest BCUT2D eigenvalue weighted by atomic mass is 32.1. The van der Waals surface area contributed by atoms with E-state index < -0.39 is 11.7 Å². The number of halogens is 3. The largest absolute Gasteiger partial charge is 0.497 e. The van der Waals surface area contributed by atoms with Gasteiger partial charge in [0.2, 0.25) is 0 Å². The van der Waals surface area contributed by atoms with Crippen LogP contribution in [-0.4, -0.2) is 43.7 Å². The molecule has 1 atom stereocenters. The lowest BCUT2D eigenvalue weighted by Crippen LogP contribution is -2.38. The van der Waals surface area contributed by atoms with Gasteiger partial charge in [-0.15, -0.1) is 11.3 Å². The zero-order chi connectivity index (χ0) is 22.3. The summed E-state index contributed by atoms with van der Waals surface area (Å²) in [5.74, 6) is 0.652. The maximum atomic E-state index is 13.4. The first-order valence-corrected chi connectivity index (χ1v) is 10.3. The van der Waals surface area contributed by atoms with Crippen LogP contribution in [0.3, 0.4) is 0 Å². The summed E-state index contributed by atoms with van der Waals surface area (Å²) in [7, 11) is 4.78. The maximum Gasteiger partial charge on any atom is 0.416 e. The molecule has 1 unspecified atom stereocenters. The summed E-state index contributed by atoms with van der Waals surface area (Å²) in [6.45, 7) is 4.76. The molecule has 0 saturated carbocycles. The predicted molar refractivity (Wildman–Crippen MR) is 112 cm³/mol. The van der Waals surface area contributed by atoms with Crippen LogP contribution < -0.4 is 10.1 Å². The van der Waals surface area contributed by atoms with Crippen molar-refractivity contribution in [3.8, 4) is 5.75 Å². The number of thiazole rings is 1. The van der Waals surface area contributed by atoms with Crippen molar-refractivity contribution in [3.63, 3.8) is 0 Å². The number of ether oxygens (including phenoxy) is 2. The Balaban J connectivity index is 2.20.